The van der Waals surface area contributed by atoms with Crippen molar-refractivity contribution in [3.8, 4) is 0 Å². The third-order valence-electron chi connectivity index (χ3n) is 1.91. The Morgan fingerprint density at radius 1 is 1.38 bits per heavy atom. The molecule has 0 aliphatic heterocycles. The van der Waals surface area contributed by atoms with Crippen molar-refractivity contribution in [1.29, 1.82) is 0 Å². The van der Waals surface area contributed by atoms with Crippen LogP contribution >= 0.6 is 0 Å². The van der Waals surface area contributed by atoms with Gasteiger partial charge in [0, 0.05) is 6.07 Å². The van der Waals surface area contributed by atoms with Gasteiger partial charge in [0.1, 0.15) is 6.10 Å². The summed E-state index contributed by atoms with van der Waals surface area (Å²) in [5.41, 5.74) is -1.90. The first-order valence-corrected chi connectivity index (χ1v) is 4.23. The molecule has 0 saturated carbocycles. The zero-order valence-corrected chi connectivity index (χ0v) is 8.26. The van der Waals surface area contributed by atoms with Crippen LogP contribution in [0.4, 0.5) is 0 Å². The van der Waals surface area contributed by atoms with Crippen molar-refractivity contribution in [2.75, 3.05) is 7.11 Å². The number of aromatic nitrogens is 2. The van der Waals surface area contributed by atoms with E-state index in [9.17, 15) is 24.6 Å². The average molecular weight is 230 g/mol. The van der Waals surface area contributed by atoms with Crippen LogP contribution in [0, 0.1) is 0 Å². The zero-order valence-electron chi connectivity index (χ0n) is 8.26. The maximum atomic E-state index is 11.2. The minimum absolute atomic E-state index is 0.415. The predicted octanol–water partition coefficient (Wildman–Crippen LogP) is -2.37. The second kappa shape index (κ2) is 4.73. The van der Waals surface area contributed by atoms with Gasteiger partial charge < -0.3 is 14.9 Å². The molecule has 0 fully saturated rings. The number of methoxy groups -OCH3 is 1. The molecule has 1 aromatic rings. The normalized spacial score (nSPS) is 14.2. The van der Waals surface area contributed by atoms with E-state index in [2.05, 4.69) is 4.74 Å². The molecule has 88 valence electrons. The van der Waals surface area contributed by atoms with Crippen molar-refractivity contribution in [3.05, 3.63) is 32.3 Å². The van der Waals surface area contributed by atoms with Crippen molar-refractivity contribution in [2.45, 2.75) is 12.2 Å². The van der Waals surface area contributed by atoms with Crippen molar-refractivity contribution in [1.82, 2.24) is 10.2 Å². The zero-order chi connectivity index (χ0) is 12.3. The molecule has 0 aliphatic rings. The molecule has 0 bridgehead atoms. The number of carbonyl (C=O) groups is 1. The summed E-state index contributed by atoms with van der Waals surface area (Å²) >= 11 is 0. The quantitative estimate of drug-likeness (QED) is 0.429. The van der Waals surface area contributed by atoms with Gasteiger partial charge in [-0.1, -0.05) is 0 Å². The van der Waals surface area contributed by atoms with Gasteiger partial charge in [-0.15, -0.1) is 0 Å². The maximum absolute atomic E-state index is 11.2. The molecule has 16 heavy (non-hydrogen) atoms. The lowest BCUT2D eigenvalue weighted by molar-refractivity contribution is -0.156. The minimum atomic E-state index is -1.92. The summed E-state index contributed by atoms with van der Waals surface area (Å²) in [4.78, 5) is 32.9. The fraction of sp³-hybridized carbons (Fsp3) is 0.375. The van der Waals surface area contributed by atoms with E-state index in [1.807, 2.05) is 10.2 Å². The first-order chi connectivity index (χ1) is 7.47. The first kappa shape index (κ1) is 12.1. The highest BCUT2D eigenvalue weighted by atomic mass is 16.5. The highest BCUT2D eigenvalue weighted by molar-refractivity contribution is 5.75. The van der Waals surface area contributed by atoms with E-state index in [0.29, 0.717) is 0 Å². The van der Waals surface area contributed by atoms with Crippen LogP contribution < -0.4 is 11.1 Å². The number of aliphatic hydroxyl groups excluding tert-OH is 2. The molecule has 0 amide bonds. The van der Waals surface area contributed by atoms with Gasteiger partial charge in [-0.2, -0.15) is 0 Å². The molecular weight excluding hydrogens is 220 g/mol. The van der Waals surface area contributed by atoms with Crippen LogP contribution in [0.3, 0.4) is 0 Å². The summed E-state index contributed by atoms with van der Waals surface area (Å²) in [6.07, 6.45) is -3.74. The summed E-state index contributed by atoms with van der Waals surface area (Å²) in [5.74, 6) is -1.10. The van der Waals surface area contributed by atoms with E-state index >= 15 is 0 Å². The Labute approximate surface area is 88.5 Å². The number of ether oxygens (including phenoxy) is 1. The van der Waals surface area contributed by atoms with Crippen LogP contribution in [-0.2, 0) is 9.53 Å². The van der Waals surface area contributed by atoms with Gasteiger partial charge in [0.25, 0.3) is 11.1 Å². The molecule has 0 aromatic carbocycles. The number of nitrogens with one attached hydrogen (secondary N) is 2. The molecule has 8 heteroatoms. The van der Waals surface area contributed by atoms with Gasteiger partial charge >= 0.3 is 5.97 Å². The highest BCUT2D eigenvalue weighted by Crippen LogP contribution is 2.11. The molecule has 8 nitrogen and oxygen atoms in total. The number of hydrogen-bond acceptors (Lipinski definition) is 6. The van der Waals surface area contributed by atoms with Crippen LogP contribution in [0.5, 0.6) is 0 Å². The monoisotopic (exact) mass is 230 g/mol. The summed E-state index contributed by atoms with van der Waals surface area (Å²) in [6, 6.07) is 0.787. The van der Waals surface area contributed by atoms with Crippen molar-refractivity contribution in [3.63, 3.8) is 0 Å². The SMILES string of the molecule is COC(=O)C(O)C(O)c1cc(=O)[nH][nH]c1=O. The second-order valence-electron chi connectivity index (χ2n) is 2.96. The molecule has 1 rings (SSSR count). The van der Waals surface area contributed by atoms with E-state index < -0.39 is 34.9 Å². The Morgan fingerprint density at radius 2 is 2.00 bits per heavy atom. The van der Waals surface area contributed by atoms with E-state index in [-0.39, 0.29) is 0 Å². The Kier molecular flexibility index (Phi) is 3.59. The van der Waals surface area contributed by atoms with Gasteiger partial charge in [-0.25, -0.2) is 4.79 Å². The van der Waals surface area contributed by atoms with E-state index in [4.69, 9.17) is 0 Å². The third-order valence-corrected chi connectivity index (χ3v) is 1.91. The standard InChI is InChI=1S/C8H10N2O6/c1-16-8(15)6(13)5(12)3-2-4(11)9-10-7(3)14/h2,5-6,12-13H,1H3,(H,9,11)(H,10,14). The summed E-state index contributed by atoms with van der Waals surface area (Å²) in [7, 11) is 1.01. The van der Waals surface area contributed by atoms with Gasteiger partial charge in [0.2, 0.25) is 0 Å². The lowest BCUT2D eigenvalue weighted by Gasteiger charge is -2.14. The smallest absolute Gasteiger partial charge is 0.337 e. The number of H-pyrrole nitrogens is 2. The maximum Gasteiger partial charge on any atom is 0.337 e. The van der Waals surface area contributed by atoms with Crippen LogP contribution in [0.2, 0.25) is 0 Å². The van der Waals surface area contributed by atoms with Gasteiger partial charge in [0.15, 0.2) is 6.10 Å². The lowest BCUT2D eigenvalue weighted by atomic mass is 10.1. The molecule has 0 radical (unpaired) electrons. The van der Waals surface area contributed by atoms with E-state index in [1.165, 1.54) is 0 Å². The Bertz CT molecular complexity index is 490. The van der Waals surface area contributed by atoms with Gasteiger partial charge in [-0.3, -0.25) is 19.8 Å². The van der Waals surface area contributed by atoms with E-state index in [1.54, 1.807) is 0 Å². The minimum Gasteiger partial charge on any atom is -0.467 e. The molecule has 0 aliphatic carbocycles. The number of carbonyl (C=O) groups excluding carboxylic acids is 1. The molecule has 0 saturated heterocycles. The molecule has 2 atom stereocenters. The first-order valence-electron chi connectivity index (χ1n) is 4.23. The number of aliphatic hydroxyl groups is 2. The number of rotatable bonds is 3. The molecular formula is C8H10N2O6. The van der Waals surface area contributed by atoms with Crippen LogP contribution in [0.1, 0.15) is 11.7 Å². The van der Waals surface area contributed by atoms with Crippen molar-refractivity contribution < 1.29 is 19.7 Å². The Balaban J connectivity index is 3.09. The highest BCUT2D eigenvalue weighted by Gasteiger charge is 2.28. The molecule has 2 unspecified atom stereocenters. The largest absolute Gasteiger partial charge is 0.467 e. The number of esters is 1. The summed E-state index contributed by atoms with van der Waals surface area (Å²) in [5, 5.41) is 22.7. The number of aromatic amines is 2. The fourth-order valence-electron chi connectivity index (χ4n) is 1.07. The predicted molar refractivity (Wildman–Crippen MR) is 50.7 cm³/mol. The Morgan fingerprint density at radius 3 is 2.56 bits per heavy atom. The molecule has 0 spiro atoms. The van der Waals surface area contributed by atoms with Crippen LogP contribution in [-0.4, -0.2) is 39.6 Å². The van der Waals surface area contributed by atoms with Crippen LogP contribution in [0.15, 0.2) is 15.7 Å². The summed E-state index contributed by atoms with van der Waals surface area (Å²) < 4.78 is 4.18. The lowest BCUT2D eigenvalue weighted by Crippen LogP contribution is -2.34. The number of hydrogen-bond donors (Lipinski definition) is 4. The summed E-state index contributed by atoms with van der Waals surface area (Å²) in [6.45, 7) is 0. The molecule has 1 aromatic heterocycles. The second-order valence-corrected chi connectivity index (χ2v) is 2.96. The fourth-order valence-corrected chi connectivity index (χ4v) is 1.07. The van der Waals surface area contributed by atoms with Crippen molar-refractivity contribution >= 4 is 5.97 Å². The van der Waals surface area contributed by atoms with Crippen molar-refractivity contribution in [2.24, 2.45) is 0 Å². The Hall–Kier alpha value is -1.93. The third kappa shape index (κ3) is 2.35. The average Bonchev–Trinajstić information content (AvgIpc) is 2.29. The molecule has 4 N–H and O–H groups in total. The van der Waals surface area contributed by atoms with Gasteiger partial charge in [0.05, 0.1) is 12.7 Å². The van der Waals surface area contributed by atoms with E-state index in [0.717, 1.165) is 13.2 Å². The molecule has 1 heterocycles. The topological polar surface area (TPSA) is 132 Å². The van der Waals surface area contributed by atoms with Gasteiger partial charge in [-0.05, 0) is 0 Å². The van der Waals surface area contributed by atoms with Crippen LogP contribution in [0.25, 0.3) is 0 Å².